The monoisotopic (exact) mass is 490 g/mol. The number of ketones is 3. The van der Waals surface area contributed by atoms with Crippen molar-refractivity contribution >= 4 is 23.4 Å². The van der Waals surface area contributed by atoms with Gasteiger partial charge in [0, 0.05) is 11.6 Å². The third kappa shape index (κ3) is 2.92. The Bertz CT molecular complexity index is 1510. The molecule has 5 rings (SSSR count). The fourth-order valence-corrected chi connectivity index (χ4v) is 4.82. The first-order chi connectivity index (χ1) is 17.0. The summed E-state index contributed by atoms with van der Waals surface area (Å²) in [7, 11) is 3.01. The Morgan fingerprint density at radius 3 is 2.39 bits per heavy atom. The van der Waals surface area contributed by atoms with Crippen molar-refractivity contribution in [2.75, 3.05) is 14.2 Å². The van der Waals surface area contributed by atoms with Crippen molar-refractivity contribution < 1.29 is 43.5 Å². The molecule has 0 amide bonds. The van der Waals surface area contributed by atoms with E-state index < -0.39 is 34.1 Å². The van der Waals surface area contributed by atoms with E-state index >= 15 is 0 Å². The highest BCUT2D eigenvalue weighted by Gasteiger charge is 2.56. The third-order valence-corrected chi connectivity index (χ3v) is 6.74. The van der Waals surface area contributed by atoms with Crippen molar-refractivity contribution in [1.82, 2.24) is 0 Å². The van der Waals surface area contributed by atoms with Gasteiger partial charge in [-0.1, -0.05) is 6.07 Å². The van der Waals surface area contributed by atoms with E-state index in [-0.39, 0.29) is 45.5 Å². The van der Waals surface area contributed by atoms with Crippen molar-refractivity contribution in [3.8, 4) is 28.7 Å². The molecule has 0 saturated heterocycles. The standard InChI is InChI=1S/C27H22O9/c1-11-22(30)21-25(36-18-10-14(29)19(12(2)28)26(32)27(18,21)3)20-23(31)17(35-24(11)20)9-13-6-7-15(33-4)16(8-13)34-5/h6-10,29-30H,1-5H3/b17-9-/t27-/m0/s1. The van der Waals surface area contributed by atoms with Gasteiger partial charge < -0.3 is 29.2 Å². The van der Waals surface area contributed by atoms with Gasteiger partial charge in [-0.2, -0.15) is 0 Å². The zero-order chi connectivity index (χ0) is 26.1. The molecule has 3 aliphatic rings. The maximum Gasteiger partial charge on any atom is 0.235 e. The smallest absolute Gasteiger partial charge is 0.235 e. The van der Waals surface area contributed by atoms with Crippen LogP contribution in [0.3, 0.4) is 0 Å². The van der Waals surface area contributed by atoms with E-state index in [4.69, 9.17) is 18.9 Å². The van der Waals surface area contributed by atoms with Crippen molar-refractivity contribution in [1.29, 1.82) is 0 Å². The van der Waals surface area contributed by atoms with E-state index in [1.165, 1.54) is 40.2 Å². The molecule has 0 bridgehead atoms. The summed E-state index contributed by atoms with van der Waals surface area (Å²) in [5, 5.41) is 21.4. The molecule has 0 radical (unpaired) electrons. The van der Waals surface area contributed by atoms with Crippen LogP contribution in [-0.2, 0) is 15.0 Å². The van der Waals surface area contributed by atoms with Crippen LogP contribution in [0.5, 0.6) is 28.7 Å². The highest BCUT2D eigenvalue weighted by Crippen LogP contribution is 2.59. The number of aliphatic hydroxyl groups is 1. The van der Waals surface area contributed by atoms with Gasteiger partial charge in [0.05, 0.1) is 19.8 Å². The Balaban J connectivity index is 1.66. The van der Waals surface area contributed by atoms with Crippen LogP contribution in [0, 0.1) is 6.92 Å². The molecule has 184 valence electrons. The number of hydrogen-bond acceptors (Lipinski definition) is 9. The molecule has 2 heterocycles. The Morgan fingerprint density at radius 2 is 1.75 bits per heavy atom. The molecular weight excluding hydrogens is 468 g/mol. The number of fused-ring (bicyclic) bond motifs is 5. The second kappa shape index (κ2) is 7.74. The minimum Gasteiger partial charge on any atom is -0.507 e. The van der Waals surface area contributed by atoms with Crippen LogP contribution in [0.1, 0.15) is 40.9 Å². The lowest BCUT2D eigenvalue weighted by Crippen LogP contribution is -2.38. The summed E-state index contributed by atoms with van der Waals surface area (Å²) in [5.41, 5.74) is -1.09. The highest BCUT2D eigenvalue weighted by molar-refractivity contribution is 6.26. The number of benzene rings is 2. The maximum atomic E-state index is 13.5. The molecule has 0 saturated carbocycles. The van der Waals surface area contributed by atoms with Crippen LogP contribution in [0.25, 0.3) is 6.08 Å². The lowest BCUT2D eigenvalue weighted by Gasteiger charge is -2.27. The molecule has 2 aromatic rings. The number of hydrogen-bond donors (Lipinski definition) is 2. The fourth-order valence-electron chi connectivity index (χ4n) is 4.82. The number of aliphatic hydroxyl groups excluding tert-OH is 1. The predicted octanol–water partition coefficient (Wildman–Crippen LogP) is 3.85. The number of rotatable bonds is 4. The fraction of sp³-hybridized carbons (Fsp3) is 0.222. The zero-order valence-electron chi connectivity index (χ0n) is 20.1. The van der Waals surface area contributed by atoms with Crippen molar-refractivity contribution in [2.24, 2.45) is 0 Å². The summed E-state index contributed by atoms with van der Waals surface area (Å²) in [6.45, 7) is 4.20. The Hall–Kier alpha value is -4.53. The van der Waals surface area contributed by atoms with Gasteiger partial charge >= 0.3 is 0 Å². The summed E-state index contributed by atoms with van der Waals surface area (Å²) in [6, 6.07) is 5.08. The van der Waals surface area contributed by atoms with Crippen LogP contribution in [-0.4, -0.2) is 41.8 Å². The Kier molecular flexibility index (Phi) is 4.99. The number of allylic oxidation sites excluding steroid dienone is 4. The summed E-state index contributed by atoms with van der Waals surface area (Å²) < 4.78 is 22.3. The molecule has 9 nitrogen and oxygen atoms in total. The summed E-state index contributed by atoms with van der Waals surface area (Å²) in [5.74, 6) is -1.70. The molecule has 0 fully saturated rings. The number of carbonyl (C=O) groups is 3. The van der Waals surface area contributed by atoms with Gasteiger partial charge in [0.25, 0.3) is 0 Å². The predicted molar refractivity (Wildman–Crippen MR) is 127 cm³/mol. The molecule has 0 unspecified atom stereocenters. The molecule has 0 aromatic heterocycles. The average molecular weight is 490 g/mol. The van der Waals surface area contributed by atoms with Crippen LogP contribution in [0.4, 0.5) is 0 Å². The normalized spacial score (nSPS) is 20.9. The minimum atomic E-state index is -1.61. The van der Waals surface area contributed by atoms with Crippen molar-refractivity contribution in [3.63, 3.8) is 0 Å². The van der Waals surface area contributed by atoms with Crippen molar-refractivity contribution in [3.05, 3.63) is 69.4 Å². The van der Waals surface area contributed by atoms with Gasteiger partial charge in [0.1, 0.15) is 39.6 Å². The van der Waals surface area contributed by atoms with E-state index in [1.807, 2.05) is 0 Å². The van der Waals surface area contributed by atoms with Crippen molar-refractivity contribution in [2.45, 2.75) is 26.2 Å². The van der Waals surface area contributed by atoms with Gasteiger partial charge in [-0.3, -0.25) is 14.4 Å². The van der Waals surface area contributed by atoms with Crippen LogP contribution >= 0.6 is 0 Å². The summed E-state index contributed by atoms with van der Waals surface area (Å²) >= 11 is 0. The topological polar surface area (TPSA) is 129 Å². The van der Waals surface area contributed by atoms with Crippen LogP contribution in [0.15, 0.2) is 47.1 Å². The van der Waals surface area contributed by atoms with E-state index in [9.17, 15) is 24.6 Å². The van der Waals surface area contributed by atoms with Gasteiger partial charge in [0.15, 0.2) is 34.6 Å². The maximum absolute atomic E-state index is 13.5. The molecule has 2 aliphatic heterocycles. The largest absolute Gasteiger partial charge is 0.507 e. The van der Waals surface area contributed by atoms with Gasteiger partial charge in [0.2, 0.25) is 5.78 Å². The molecule has 36 heavy (non-hydrogen) atoms. The number of Topliss-reactive ketones (excluding diaryl/α,β-unsaturated/α-hetero) is 3. The minimum absolute atomic E-state index is 0.00165. The molecule has 9 heteroatoms. The Morgan fingerprint density at radius 1 is 1.06 bits per heavy atom. The summed E-state index contributed by atoms with van der Waals surface area (Å²) in [6.07, 6.45) is 2.68. The van der Waals surface area contributed by atoms with E-state index in [1.54, 1.807) is 25.1 Å². The van der Waals surface area contributed by atoms with Gasteiger partial charge in [-0.05, 0) is 44.5 Å². The third-order valence-electron chi connectivity index (χ3n) is 6.74. The quantitative estimate of drug-likeness (QED) is 0.485. The van der Waals surface area contributed by atoms with Gasteiger partial charge in [-0.15, -0.1) is 0 Å². The number of phenols is 1. The number of carbonyl (C=O) groups excluding carboxylic acids is 3. The first-order valence-electron chi connectivity index (χ1n) is 11.0. The van der Waals surface area contributed by atoms with E-state index in [0.717, 1.165) is 0 Å². The zero-order valence-corrected chi connectivity index (χ0v) is 20.1. The first-order valence-corrected chi connectivity index (χ1v) is 11.0. The lowest BCUT2D eigenvalue weighted by atomic mass is 9.71. The number of phenolic OH excluding ortho intramolecular Hbond substituents is 1. The Labute approximate surface area is 205 Å². The average Bonchev–Trinajstić information content (AvgIpc) is 3.32. The van der Waals surface area contributed by atoms with Gasteiger partial charge in [-0.25, -0.2) is 0 Å². The van der Waals surface area contributed by atoms with E-state index in [0.29, 0.717) is 17.1 Å². The number of aromatic hydroxyl groups is 1. The number of ether oxygens (including phenoxy) is 4. The second-order valence-electron chi connectivity index (χ2n) is 8.82. The second-order valence-corrected chi connectivity index (χ2v) is 8.82. The molecule has 1 atom stereocenters. The highest BCUT2D eigenvalue weighted by atomic mass is 16.5. The number of methoxy groups -OCH3 is 2. The lowest BCUT2D eigenvalue weighted by molar-refractivity contribution is -0.123. The first kappa shape index (κ1) is 23.2. The molecule has 1 aliphatic carbocycles. The molecule has 0 spiro atoms. The molecular formula is C27H22O9. The van der Waals surface area contributed by atoms with Crippen LogP contribution < -0.4 is 18.9 Å². The molecule has 2 N–H and O–H groups in total. The molecule has 2 aromatic carbocycles. The SMILES string of the molecule is COc1ccc(/C=C2\Oc3c(C)c(O)c4c(c3C2=O)OC2=CC(O)=C(C(C)=O)C(=O)[C@@]24C)cc1OC. The summed E-state index contributed by atoms with van der Waals surface area (Å²) in [4.78, 5) is 39.0. The van der Waals surface area contributed by atoms with Crippen LogP contribution in [0.2, 0.25) is 0 Å². The van der Waals surface area contributed by atoms with E-state index in [2.05, 4.69) is 0 Å².